The largest absolute Gasteiger partial charge is 0.478 e. The third kappa shape index (κ3) is 2.76. The number of fused-ring (bicyclic) bond motifs is 3. The molecule has 4 heteroatoms. The molecule has 3 aromatic rings. The number of ether oxygens (including phenoxy) is 1. The third-order valence-electron chi connectivity index (χ3n) is 6.05. The Morgan fingerprint density at radius 1 is 1.04 bits per heavy atom. The number of benzene rings is 2. The van der Waals surface area contributed by atoms with Gasteiger partial charge in [0.15, 0.2) is 0 Å². The normalized spacial score (nSPS) is 17.8. The number of hydrogen-bond acceptors (Lipinski definition) is 4. The quantitative estimate of drug-likeness (QED) is 0.611. The van der Waals surface area contributed by atoms with Gasteiger partial charge >= 0.3 is 5.63 Å². The van der Waals surface area contributed by atoms with E-state index < -0.39 is 0 Å². The molecule has 1 fully saturated rings. The molecule has 0 unspecified atom stereocenters. The van der Waals surface area contributed by atoms with Crippen molar-refractivity contribution >= 4 is 11.0 Å². The van der Waals surface area contributed by atoms with Gasteiger partial charge in [-0.15, -0.1) is 0 Å². The van der Waals surface area contributed by atoms with Gasteiger partial charge in [-0.1, -0.05) is 43.2 Å². The molecular formula is C23H23NO3. The Morgan fingerprint density at radius 3 is 2.59 bits per heavy atom. The molecule has 5 rings (SSSR count). The molecule has 0 radical (unpaired) electrons. The minimum Gasteiger partial charge on any atom is -0.478 e. The number of aryl methyl sites for hydroxylation is 1. The zero-order chi connectivity index (χ0) is 18.4. The van der Waals surface area contributed by atoms with Crippen LogP contribution >= 0.6 is 0 Å². The second kappa shape index (κ2) is 6.54. The monoisotopic (exact) mass is 361 g/mol. The van der Waals surface area contributed by atoms with Crippen molar-refractivity contribution in [3.05, 3.63) is 64.0 Å². The Bertz CT molecular complexity index is 1050. The zero-order valence-corrected chi connectivity index (χ0v) is 15.5. The van der Waals surface area contributed by atoms with Crippen molar-refractivity contribution in [3.8, 4) is 16.9 Å². The Hall–Kier alpha value is -2.59. The first kappa shape index (κ1) is 16.6. The molecule has 2 heterocycles. The van der Waals surface area contributed by atoms with Gasteiger partial charge in [0.2, 0.25) is 0 Å². The van der Waals surface area contributed by atoms with Crippen LogP contribution in [0.2, 0.25) is 0 Å². The van der Waals surface area contributed by atoms with Crippen LogP contribution in [0.4, 0.5) is 0 Å². The smallest absolute Gasteiger partial charge is 0.344 e. The summed E-state index contributed by atoms with van der Waals surface area (Å²) in [7, 11) is 0. The van der Waals surface area contributed by atoms with Gasteiger partial charge in [0.05, 0.1) is 11.1 Å². The molecule has 0 saturated heterocycles. The SMILES string of the molecule is Cc1c(-c2ccccc2)c(=O)oc2c3c(ccc12)OCN(C1CCCC1)C3. The predicted molar refractivity (Wildman–Crippen MR) is 106 cm³/mol. The fraction of sp³-hybridized carbons (Fsp3) is 0.348. The highest BCUT2D eigenvalue weighted by Crippen LogP contribution is 2.37. The van der Waals surface area contributed by atoms with E-state index in [-0.39, 0.29) is 5.63 Å². The summed E-state index contributed by atoms with van der Waals surface area (Å²) >= 11 is 0. The van der Waals surface area contributed by atoms with Crippen LogP contribution in [0.25, 0.3) is 22.1 Å². The van der Waals surface area contributed by atoms with E-state index in [1.807, 2.05) is 49.4 Å². The topological polar surface area (TPSA) is 42.7 Å². The van der Waals surface area contributed by atoms with Gasteiger partial charge in [-0.3, -0.25) is 4.90 Å². The van der Waals surface area contributed by atoms with Crippen LogP contribution in [0, 0.1) is 6.92 Å². The Morgan fingerprint density at radius 2 is 1.81 bits per heavy atom. The van der Waals surface area contributed by atoms with E-state index in [1.165, 1.54) is 25.7 Å². The van der Waals surface area contributed by atoms with Gasteiger partial charge in [-0.2, -0.15) is 0 Å². The average Bonchev–Trinajstić information content (AvgIpc) is 3.23. The van der Waals surface area contributed by atoms with Crippen LogP contribution < -0.4 is 10.4 Å². The molecule has 0 atom stereocenters. The van der Waals surface area contributed by atoms with E-state index in [0.29, 0.717) is 23.9 Å². The zero-order valence-electron chi connectivity index (χ0n) is 15.5. The average molecular weight is 361 g/mol. The molecule has 1 aliphatic heterocycles. The summed E-state index contributed by atoms with van der Waals surface area (Å²) in [5.41, 5.74) is 3.91. The van der Waals surface area contributed by atoms with Gasteiger partial charge in [0.25, 0.3) is 0 Å². The molecule has 1 saturated carbocycles. The highest BCUT2D eigenvalue weighted by molar-refractivity contribution is 5.90. The highest BCUT2D eigenvalue weighted by atomic mass is 16.5. The molecule has 2 aromatic carbocycles. The molecule has 1 aromatic heterocycles. The molecule has 0 amide bonds. The molecule has 0 spiro atoms. The van der Waals surface area contributed by atoms with Crippen molar-refractivity contribution in [2.75, 3.05) is 6.73 Å². The molecule has 0 bridgehead atoms. The third-order valence-corrected chi connectivity index (χ3v) is 6.05. The van der Waals surface area contributed by atoms with Crippen molar-refractivity contribution in [3.63, 3.8) is 0 Å². The molecule has 4 nitrogen and oxygen atoms in total. The van der Waals surface area contributed by atoms with E-state index in [2.05, 4.69) is 4.90 Å². The summed E-state index contributed by atoms with van der Waals surface area (Å²) in [6.45, 7) is 3.41. The van der Waals surface area contributed by atoms with Gasteiger partial charge in [-0.05, 0) is 43.0 Å². The van der Waals surface area contributed by atoms with E-state index in [0.717, 1.165) is 34.4 Å². The lowest BCUT2D eigenvalue weighted by atomic mass is 9.97. The maximum absolute atomic E-state index is 12.9. The highest BCUT2D eigenvalue weighted by Gasteiger charge is 2.29. The fourth-order valence-corrected chi connectivity index (χ4v) is 4.58. The van der Waals surface area contributed by atoms with E-state index in [1.54, 1.807) is 0 Å². The molecule has 27 heavy (non-hydrogen) atoms. The Kier molecular flexibility index (Phi) is 4.01. The van der Waals surface area contributed by atoms with Crippen molar-refractivity contribution in [2.24, 2.45) is 0 Å². The summed E-state index contributed by atoms with van der Waals surface area (Å²) in [5, 5.41) is 0.990. The molecule has 1 aliphatic carbocycles. The first-order chi connectivity index (χ1) is 13.2. The van der Waals surface area contributed by atoms with Crippen molar-refractivity contribution in [2.45, 2.75) is 45.2 Å². The number of nitrogens with zero attached hydrogens (tertiary/aromatic N) is 1. The van der Waals surface area contributed by atoms with E-state index in [4.69, 9.17) is 9.15 Å². The molecule has 138 valence electrons. The van der Waals surface area contributed by atoms with E-state index in [9.17, 15) is 4.79 Å². The first-order valence-electron chi connectivity index (χ1n) is 9.74. The molecular weight excluding hydrogens is 338 g/mol. The van der Waals surface area contributed by atoms with Gasteiger partial charge in [-0.25, -0.2) is 4.79 Å². The van der Waals surface area contributed by atoms with Crippen LogP contribution in [0.1, 0.15) is 36.8 Å². The minimum absolute atomic E-state index is 0.280. The van der Waals surface area contributed by atoms with Crippen LogP contribution in [0.5, 0.6) is 5.75 Å². The second-order valence-corrected chi connectivity index (χ2v) is 7.63. The minimum atomic E-state index is -0.280. The van der Waals surface area contributed by atoms with Crippen LogP contribution in [0.15, 0.2) is 51.7 Å². The summed E-state index contributed by atoms with van der Waals surface area (Å²) in [4.78, 5) is 15.2. The molecule has 2 aliphatic rings. The standard InChI is InChI=1S/C23H23NO3/c1-15-18-11-12-20-19(13-24(14-26-20)17-9-5-6-10-17)22(18)27-23(25)21(15)16-7-3-2-4-8-16/h2-4,7-8,11-12,17H,5-6,9-10,13-14H2,1H3. The van der Waals surface area contributed by atoms with Crippen LogP contribution in [0.3, 0.4) is 0 Å². The molecule has 0 N–H and O–H groups in total. The summed E-state index contributed by atoms with van der Waals surface area (Å²) in [6, 6.07) is 14.4. The maximum atomic E-state index is 12.9. The fourth-order valence-electron chi connectivity index (χ4n) is 4.58. The second-order valence-electron chi connectivity index (χ2n) is 7.63. The van der Waals surface area contributed by atoms with Gasteiger partial charge < -0.3 is 9.15 Å². The van der Waals surface area contributed by atoms with Crippen molar-refractivity contribution in [1.29, 1.82) is 0 Å². The lowest BCUT2D eigenvalue weighted by Crippen LogP contribution is -2.39. The first-order valence-corrected chi connectivity index (χ1v) is 9.74. The number of rotatable bonds is 2. The maximum Gasteiger partial charge on any atom is 0.344 e. The lowest BCUT2D eigenvalue weighted by molar-refractivity contribution is 0.0581. The van der Waals surface area contributed by atoms with Crippen molar-refractivity contribution in [1.82, 2.24) is 4.90 Å². The lowest BCUT2D eigenvalue weighted by Gasteiger charge is -2.33. The number of hydrogen-bond donors (Lipinski definition) is 0. The van der Waals surface area contributed by atoms with Crippen molar-refractivity contribution < 1.29 is 9.15 Å². The summed E-state index contributed by atoms with van der Waals surface area (Å²) in [6.07, 6.45) is 5.03. The summed E-state index contributed by atoms with van der Waals surface area (Å²) < 4.78 is 11.9. The van der Waals surface area contributed by atoms with Gasteiger partial charge in [0, 0.05) is 18.0 Å². The van der Waals surface area contributed by atoms with Crippen LogP contribution in [-0.4, -0.2) is 17.7 Å². The van der Waals surface area contributed by atoms with E-state index >= 15 is 0 Å². The van der Waals surface area contributed by atoms with Crippen LogP contribution in [-0.2, 0) is 6.54 Å². The summed E-state index contributed by atoms with van der Waals surface area (Å²) in [5.74, 6) is 0.840. The Balaban J connectivity index is 1.65. The van der Waals surface area contributed by atoms with Gasteiger partial charge in [0.1, 0.15) is 18.1 Å². The Labute approximate surface area is 158 Å². The predicted octanol–water partition coefficient (Wildman–Crippen LogP) is 4.86.